The Morgan fingerprint density at radius 3 is 3.00 bits per heavy atom. The topological polar surface area (TPSA) is 70.1 Å². The number of carbonyl (C=O) groups excluding carboxylic acids is 1. The van der Waals surface area contributed by atoms with E-state index in [4.69, 9.17) is 22.1 Å². The molecule has 5 nitrogen and oxygen atoms in total. The summed E-state index contributed by atoms with van der Waals surface area (Å²) in [5, 5.41) is 4.11. The van der Waals surface area contributed by atoms with E-state index in [2.05, 4.69) is 5.10 Å². The summed E-state index contributed by atoms with van der Waals surface area (Å²) < 4.78 is 7.18. The second-order valence-electron chi connectivity index (χ2n) is 3.56. The molecule has 0 radical (unpaired) electrons. The normalized spacial score (nSPS) is 10.6. The molecule has 0 aliphatic heterocycles. The maximum atomic E-state index is 11.5. The summed E-state index contributed by atoms with van der Waals surface area (Å²) in [5.41, 5.74) is 6.19. The van der Waals surface area contributed by atoms with Gasteiger partial charge in [0.2, 0.25) is 0 Å². The van der Waals surface area contributed by atoms with Crippen molar-refractivity contribution in [3.05, 3.63) is 33.2 Å². The van der Waals surface area contributed by atoms with E-state index < -0.39 is 5.97 Å². The van der Waals surface area contributed by atoms with E-state index in [0.29, 0.717) is 18.8 Å². The largest absolute Gasteiger partial charge is 0.461 e. The number of anilines is 1. The molecule has 0 aliphatic carbocycles. The molecule has 0 aromatic carbocycles. The van der Waals surface area contributed by atoms with Gasteiger partial charge in [-0.3, -0.25) is 4.68 Å². The van der Waals surface area contributed by atoms with Crippen molar-refractivity contribution in [3.63, 3.8) is 0 Å². The average molecular weight is 286 g/mol. The minimum absolute atomic E-state index is 0.152. The van der Waals surface area contributed by atoms with E-state index in [0.717, 1.165) is 9.21 Å². The number of hydrogen-bond acceptors (Lipinski definition) is 5. The van der Waals surface area contributed by atoms with Crippen molar-refractivity contribution in [1.29, 1.82) is 0 Å². The SMILES string of the molecule is CCOC(=O)c1nn(Cc2ccc(Cl)s2)cc1N. The predicted octanol–water partition coefficient (Wildman–Crippen LogP) is 2.41. The zero-order chi connectivity index (χ0) is 13.1. The van der Waals surface area contributed by atoms with Gasteiger partial charge in [-0.1, -0.05) is 11.6 Å². The first kappa shape index (κ1) is 12.9. The highest BCUT2D eigenvalue weighted by molar-refractivity contribution is 7.16. The van der Waals surface area contributed by atoms with Gasteiger partial charge in [0.05, 0.1) is 23.2 Å². The molecule has 0 saturated heterocycles. The molecule has 0 unspecified atom stereocenters. The number of esters is 1. The zero-order valence-corrected chi connectivity index (χ0v) is 11.3. The molecule has 7 heteroatoms. The van der Waals surface area contributed by atoms with E-state index in [1.807, 2.05) is 12.1 Å². The van der Waals surface area contributed by atoms with E-state index in [-0.39, 0.29) is 5.69 Å². The molecular weight excluding hydrogens is 274 g/mol. The molecule has 0 atom stereocenters. The lowest BCUT2D eigenvalue weighted by Gasteiger charge is -1.98. The van der Waals surface area contributed by atoms with Crippen LogP contribution in [0.3, 0.4) is 0 Å². The first-order valence-corrected chi connectivity index (χ1v) is 6.54. The van der Waals surface area contributed by atoms with Crippen molar-refractivity contribution in [1.82, 2.24) is 9.78 Å². The molecule has 2 rings (SSSR count). The van der Waals surface area contributed by atoms with Gasteiger partial charge in [0.15, 0.2) is 5.69 Å². The van der Waals surface area contributed by atoms with Crippen LogP contribution < -0.4 is 5.73 Å². The number of nitrogen functional groups attached to an aromatic ring is 1. The molecule has 0 spiro atoms. The Balaban J connectivity index is 2.16. The van der Waals surface area contributed by atoms with Gasteiger partial charge in [-0.2, -0.15) is 5.10 Å². The van der Waals surface area contributed by atoms with Crippen molar-refractivity contribution < 1.29 is 9.53 Å². The third kappa shape index (κ3) is 2.83. The number of thiophene rings is 1. The maximum Gasteiger partial charge on any atom is 0.361 e. The van der Waals surface area contributed by atoms with Gasteiger partial charge in [0.25, 0.3) is 0 Å². The molecule has 96 valence electrons. The van der Waals surface area contributed by atoms with Crippen LogP contribution in [0.15, 0.2) is 18.3 Å². The molecule has 2 aromatic rings. The van der Waals surface area contributed by atoms with Crippen molar-refractivity contribution in [3.8, 4) is 0 Å². The van der Waals surface area contributed by atoms with E-state index in [1.54, 1.807) is 17.8 Å². The summed E-state index contributed by atoms with van der Waals surface area (Å²) in [5.74, 6) is -0.502. The molecule has 2 heterocycles. The molecular formula is C11H12ClN3O2S. The lowest BCUT2D eigenvalue weighted by atomic mass is 10.4. The first-order chi connectivity index (χ1) is 8.60. The van der Waals surface area contributed by atoms with Crippen LogP contribution in [0.2, 0.25) is 4.34 Å². The maximum absolute atomic E-state index is 11.5. The van der Waals surface area contributed by atoms with Crippen LogP contribution in [-0.4, -0.2) is 22.4 Å². The fourth-order valence-corrected chi connectivity index (χ4v) is 2.55. The smallest absolute Gasteiger partial charge is 0.361 e. The van der Waals surface area contributed by atoms with Gasteiger partial charge in [0.1, 0.15) is 0 Å². The summed E-state index contributed by atoms with van der Waals surface area (Å²) in [6, 6.07) is 3.73. The molecule has 2 aromatic heterocycles. The standard InChI is InChI=1S/C11H12ClN3O2S/c1-2-17-11(16)10-8(13)6-15(14-10)5-7-3-4-9(12)18-7/h3-4,6H,2,5,13H2,1H3. The highest BCUT2D eigenvalue weighted by Crippen LogP contribution is 2.22. The van der Waals surface area contributed by atoms with Gasteiger partial charge >= 0.3 is 5.97 Å². The van der Waals surface area contributed by atoms with Crippen molar-refractivity contribution in [2.24, 2.45) is 0 Å². The third-order valence-corrected chi connectivity index (χ3v) is 3.42. The average Bonchev–Trinajstić information content (AvgIpc) is 2.86. The summed E-state index contributed by atoms with van der Waals surface area (Å²) in [7, 11) is 0. The van der Waals surface area contributed by atoms with Crippen LogP contribution in [-0.2, 0) is 11.3 Å². The Labute approximate surface area is 113 Å². The Morgan fingerprint density at radius 2 is 2.39 bits per heavy atom. The number of rotatable bonds is 4. The first-order valence-electron chi connectivity index (χ1n) is 5.34. The monoisotopic (exact) mass is 285 g/mol. The molecule has 0 fully saturated rings. The van der Waals surface area contributed by atoms with Gasteiger partial charge in [-0.25, -0.2) is 4.79 Å². The van der Waals surface area contributed by atoms with Crippen molar-refractivity contribution >= 4 is 34.6 Å². The number of carbonyl (C=O) groups is 1. The molecule has 18 heavy (non-hydrogen) atoms. The number of halogens is 1. The highest BCUT2D eigenvalue weighted by atomic mass is 35.5. The minimum Gasteiger partial charge on any atom is -0.461 e. The van der Waals surface area contributed by atoms with Gasteiger partial charge < -0.3 is 10.5 Å². The molecule has 0 bridgehead atoms. The van der Waals surface area contributed by atoms with Crippen LogP contribution in [0, 0.1) is 0 Å². The van der Waals surface area contributed by atoms with Crippen molar-refractivity contribution in [2.75, 3.05) is 12.3 Å². The molecule has 2 N–H and O–H groups in total. The summed E-state index contributed by atoms with van der Waals surface area (Å²) in [6.45, 7) is 2.56. The Kier molecular flexibility index (Phi) is 3.88. The fourth-order valence-electron chi connectivity index (χ4n) is 1.47. The molecule has 0 aliphatic rings. The van der Waals surface area contributed by atoms with Crippen LogP contribution in [0.1, 0.15) is 22.3 Å². The molecule has 0 amide bonds. The lowest BCUT2D eigenvalue weighted by molar-refractivity contribution is 0.0519. The van der Waals surface area contributed by atoms with Gasteiger partial charge in [-0.05, 0) is 19.1 Å². The summed E-state index contributed by atoms with van der Waals surface area (Å²) in [6.07, 6.45) is 1.61. The van der Waals surface area contributed by atoms with Crippen LogP contribution in [0.4, 0.5) is 5.69 Å². The van der Waals surface area contributed by atoms with Crippen LogP contribution >= 0.6 is 22.9 Å². The number of nitrogens with two attached hydrogens (primary N) is 1. The zero-order valence-electron chi connectivity index (χ0n) is 9.72. The highest BCUT2D eigenvalue weighted by Gasteiger charge is 2.16. The Morgan fingerprint density at radius 1 is 1.61 bits per heavy atom. The van der Waals surface area contributed by atoms with E-state index >= 15 is 0 Å². The second-order valence-corrected chi connectivity index (χ2v) is 5.36. The van der Waals surface area contributed by atoms with Gasteiger partial charge in [-0.15, -0.1) is 11.3 Å². The number of aromatic nitrogens is 2. The summed E-state index contributed by atoms with van der Waals surface area (Å²) in [4.78, 5) is 12.6. The van der Waals surface area contributed by atoms with Crippen LogP contribution in [0.25, 0.3) is 0 Å². The molecule has 0 saturated carbocycles. The minimum atomic E-state index is -0.502. The van der Waals surface area contributed by atoms with Crippen molar-refractivity contribution in [2.45, 2.75) is 13.5 Å². The predicted molar refractivity (Wildman–Crippen MR) is 71.0 cm³/mol. The number of nitrogens with zero attached hydrogens (tertiary/aromatic N) is 2. The van der Waals surface area contributed by atoms with Crippen LogP contribution in [0.5, 0.6) is 0 Å². The van der Waals surface area contributed by atoms with E-state index in [9.17, 15) is 4.79 Å². The second kappa shape index (κ2) is 5.41. The fraction of sp³-hybridized carbons (Fsp3) is 0.273. The quantitative estimate of drug-likeness (QED) is 0.876. The number of ether oxygens (including phenoxy) is 1. The van der Waals surface area contributed by atoms with Gasteiger partial charge in [0, 0.05) is 11.1 Å². The Hall–Kier alpha value is -1.53. The van der Waals surface area contributed by atoms with E-state index in [1.165, 1.54) is 11.3 Å². The number of hydrogen-bond donors (Lipinski definition) is 1. The Bertz CT molecular complexity index is 564. The summed E-state index contributed by atoms with van der Waals surface area (Å²) >= 11 is 7.31. The third-order valence-electron chi connectivity index (χ3n) is 2.21. The lowest BCUT2D eigenvalue weighted by Crippen LogP contribution is -2.08.